The van der Waals surface area contributed by atoms with Crippen LogP contribution in [0.2, 0.25) is 0 Å². The molecule has 0 spiro atoms. The van der Waals surface area contributed by atoms with E-state index in [2.05, 4.69) is 5.32 Å². The largest absolute Gasteiger partial charge is 0.459 e. The van der Waals surface area contributed by atoms with Crippen LogP contribution in [-0.2, 0) is 9.53 Å². The predicted molar refractivity (Wildman–Crippen MR) is 91.3 cm³/mol. The van der Waals surface area contributed by atoms with E-state index in [0.717, 1.165) is 19.4 Å². The first-order valence-electron chi connectivity index (χ1n) is 8.07. The number of Topliss-reactive ketones (excluding diaryl/α,β-unsaturated/α-hetero) is 1. The summed E-state index contributed by atoms with van der Waals surface area (Å²) in [5, 5.41) is 3.12. The number of esters is 1. The Balaban J connectivity index is 2.11. The number of ketones is 1. The van der Waals surface area contributed by atoms with E-state index in [4.69, 9.17) is 10.5 Å². The molecule has 0 heterocycles. The van der Waals surface area contributed by atoms with Crippen molar-refractivity contribution in [3.63, 3.8) is 0 Å². The van der Waals surface area contributed by atoms with E-state index in [-0.39, 0.29) is 11.8 Å². The predicted octanol–water partition coefficient (Wildman–Crippen LogP) is 2.30. The highest BCUT2D eigenvalue weighted by molar-refractivity contribution is 5.97. The van der Waals surface area contributed by atoms with E-state index in [0.29, 0.717) is 18.5 Å². The van der Waals surface area contributed by atoms with Crippen LogP contribution >= 0.6 is 0 Å². The lowest BCUT2D eigenvalue weighted by Crippen LogP contribution is -2.37. The number of nitrogens with one attached hydrogen (secondary N) is 1. The molecule has 1 rings (SSSR count). The van der Waals surface area contributed by atoms with E-state index in [1.54, 1.807) is 0 Å². The molecule has 0 saturated carbocycles. The van der Waals surface area contributed by atoms with Crippen LogP contribution in [0.4, 0.5) is 0 Å². The monoisotopic (exact) mass is 320 g/mol. The molecule has 1 aromatic rings. The molecule has 0 fully saturated rings. The van der Waals surface area contributed by atoms with Gasteiger partial charge in [-0.15, -0.1) is 0 Å². The van der Waals surface area contributed by atoms with Gasteiger partial charge in [-0.25, -0.2) is 0 Å². The molecule has 0 amide bonds. The average Bonchev–Trinajstić information content (AvgIpc) is 2.49. The summed E-state index contributed by atoms with van der Waals surface area (Å²) in [5.41, 5.74) is 6.02. The Morgan fingerprint density at radius 1 is 1.17 bits per heavy atom. The second-order valence-electron chi connectivity index (χ2n) is 6.60. The summed E-state index contributed by atoms with van der Waals surface area (Å²) in [7, 11) is 0. The Morgan fingerprint density at radius 2 is 1.83 bits per heavy atom. The van der Waals surface area contributed by atoms with Gasteiger partial charge in [0.05, 0.1) is 6.54 Å². The minimum absolute atomic E-state index is 0.0797. The summed E-state index contributed by atoms with van der Waals surface area (Å²) in [5.74, 6) is -0.277. The van der Waals surface area contributed by atoms with Crippen LogP contribution in [0.5, 0.6) is 0 Å². The first kappa shape index (κ1) is 19.3. The van der Waals surface area contributed by atoms with Gasteiger partial charge in [0.2, 0.25) is 0 Å². The molecule has 0 aromatic heterocycles. The Labute approximate surface area is 138 Å². The zero-order chi connectivity index (χ0) is 17.3. The molecule has 0 radical (unpaired) electrons. The third-order valence-electron chi connectivity index (χ3n) is 3.21. The standard InChI is InChI=1S/C18H28N2O3/c1-18(2,3)23-17(22)15(19)11-7-8-12-20-13-16(21)14-9-5-4-6-10-14/h4-6,9-10,15,20H,7-8,11-13,19H2,1-3H3/t15-/m0/s1. The second-order valence-corrected chi connectivity index (χ2v) is 6.60. The Hall–Kier alpha value is -1.72. The molecule has 0 aliphatic carbocycles. The van der Waals surface area contributed by atoms with E-state index in [1.165, 1.54) is 0 Å². The zero-order valence-electron chi connectivity index (χ0n) is 14.3. The van der Waals surface area contributed by atoms with Gasteiger partial charge in [-0.05, 0) is 40.2 Å². The van der Waals surface area contributed by atoms with Crippen molar-refractivity contribution in [2.75, 3.05) is 13.1 Å². The van der Waals surface area contributed by atoms with Crippen molar-refractivity contribution in [1.29, 1.82) is 0 Å². The Bertz CT molecular complexity index is 495. The third kappa shape index (κ3) is 8.47. The number of carbonyl (C=O) groups is 2. The van der Waals surface area contributed by atoms with Gasteiger partial charge in [-0.1, -0.05) is 36.8 Å². The molecule has 0 aliphatic rings. The molecular weight excluding hydrogens is 292 g/mol. The van der Waals surface area contributed by atoms with Crippen molar-refractivity contribution in [2.45, 2.75) is 51.7 Å². The summed E-state index contributed by atoms with van der Waals surface area (Å²) < 4.78 is 5.23. The van der Waals surface area contributed by atoms with Gasteiger partial charge >= 0.3 is 5.97 Å². The SMILES string of the molecule is CC(C)(C)OC(=O)[C@@H](N)CCCCNCC(=O)c1ccccc1. The molecular formula is C18H28N2O3. The molecule has 128 valence electrons. The molecule has 23 heavy (non-hydrogen) atoms. The Morgan fingerprint density at radius 3 is 2.43 bits per heavy atom. The van der Waals surface area contributed by atoms with Gasteiger partial charge < -0.3 is 15.8 Å². The molecule has 0 unspecified atom stereocenters. The van der Waals surface area contributed by atoms with Crippen molar-refractivity contribution < 1.29 is 14.3 Å². The second kappa shape index (κ2) is 9.43. The zero-order valence-corrected chi connectivity index (χ0v) is 14.3. The van der Waals surface area contributed by atoms with Crippen molar-refractivity contribution >= 4 is 11.8 Å². The number of nitrogens with two attached hydrogens (primary N) is 1. The van der Waals surface area contributed by atoms with Gasteiger partial charge in [-0.3, -0.25) is 9.59 Å². The first-order valence-corrected chi connectivity index (χ1v) is 8.07. The number of rotatable bonds is 9. The van der Waals surface area contributed by atoms with Gasteiger partial charge in [0.25, 0.3) is 0 Å². The fraction of sp³-hybridized carbons (Fsp3) is 0.556. The number of carbonyl (C=O) groups excluding carboxylic acids is 2. The highest BCUT2D eigenvalue weighted by atomic mass is 16.6. The molecule has 0 bridgehead atoms. The van der Waals surface area contributed by atoms with Gasteiger partial charge in [0.15, 0.2) is 5.78 Å². The van der Waals surface area contributed by atoms with Crippen LogP contribution < -0.4 is 11.1 Å². The quantitative estimate of drug-likeness (QED) is 0.414. The topological polar surface area (TPSA) is 81.4 Å². The summed E-state index contributed by atoms with van der Waals surface area (Å²) >= 11 is 0. The lowest BCUT2D eigenvalue weighted by atomic mass is 10.1. The summed E-state index contributed by atoms with van der Waals surface area (Å²) in [6.07, 6.45) is 2.26. The number of unbranched alkanes of at least 4 members (excludes halogenated alkanes) is 1. The number of hydrogen-bond donors (Lipinski definition) is 2. The maximum absolute atomic E-state index is 11.9. The van der Waals surface area contributed by atoms with Gasteiger partial charge in [-0.2, -0.15) is 0 Å². The summed E-state index contributed by atoms with van der Waals surface area (Å²) in [6, 6.07) is 8.63. The minimum Gasteiger partial charge on any atom is -0.459 e. The average molecular weight is 320 g/mol. The van der Waals surface area contributed by atoms with Crippen LogP contribution in [0.25, 0.3) is 0 Å². The third-order valence-corrected chi connectivity index (χ3v) is 3.21. The van der Waals surface area contributed by atoms with Gasteiger partial charge in [0.1, 0.15) is 11.6 Å². The molecule has 5 heteroatoms. The van der Waals surface area contributed by atoms with Crippen LogP contribution in [0.3, 0.4) is 0 Å². The summed E-state index contributed by atoms with van der Waals surface area (Å²) in [4.78, 5) is 23.6. The van der Waals surface area contributed by atoms with Crippen molar-refractivity contribution in [2.24, 2.45) is 5.73 Å². The maximum Gasteiger partial charge on any atom is 0.323 e. The molecule has 1 atom stereocenters. The molecule has 3 N–H and O–H groups in total. The van der Waals surface area contributed by atoms with Crippen LogP contribution in [0.15, 0.2) is 30.3 Å². The minimum atomic E-state index is -0.583. The number of benzene rings is 1. The fourth-order valence-electron chi connectivity index (χ4n) is 2.04. The van der Waals surface area contributed by atoms with Crippen LogP contribution in [0.1, 0.15) is 50.4 Å². The lowest BCUT2D eigenvalue weighted by Gasteiger charge is -2.22. The lowest BCUT2D eigenvalue weighted by molar-refractivity contribution is -0.156. The fourth-order valence-corrected chi connectivity index (χ4v) is 2.04. The van der Waals surface area contributed by atoms with Crippen molar-refractivity contribution in [3.8, 4) is 0 Å². The van der Waals surface area contributed by atoms with Crippen LogP contribution in [-0.4, -0.2) is 36.5 Å². The molecule has 0 saturated heterocycles. The van der Waals surface area contributed by atoms with E-state index in [1.807, 2.05) is 51.1 Å². The molecule has 0 aliphatic heterocycles. The van der Waals surface area contributed by atoms with E-state index < -0.39 is 11.6 Å². The van der Waals surface area contributed by atoms with E-state index in [9.17, 15) is 9.59 Å². The Kier molecular flexibility index (Phi) is 7.92. The number of hydrogen-bond acceptors (Lipinski definition) is 5. The van der Waals surface area contributed by atoms with Crippen molar-refractivity contribution in [3.05, 3.63) is 35.9 Å². The molecule has 1 aromatic carbocycles. The smallest absolute Gasteiger partial charge is 0.323 e. The van der Waals surface area contributed by atoms with Gasteiger partial charge in [0, 0.05) is 5.56 Å². The highest BCUT2D eigenvalue weighted by Gasteiger charge is 2.21. The van der Waals surface area contributed by atoms with Crippen molar-refractivity contribution in [1.82, 2.24) is 5.32 Å². The maximum atomic E-state index is 11.9. The first-order chi connectivity index (χ1) is 10.8. The summed E-state index contributed by atoms with van der Waals surface area (Å²) in [6.45, 7) is 6.52. The van der Waals surface area contributed by atoms with E-state index >= 15 is 0 Å². The molecule has 5 nitrogen and oxygen atoms in total. The highest BCUT2D eigenvalue weighted by Crippen LogP contribution is 2.10. The number of ether oxygens (including phenoxy) is 1. The normalized spacial score (nSPS) is 12.7. The van der Waals surface area contributed by atoms with Crippen LogP contribution in [0, 0.1) is 0 Å².